The van der Waals surface area contributed by atoms with Gasteiger partial charge in [0.25, 0.3) is 0 Å². The fourth-order valence-electron chi connectivity index (χ4n) is 8.03. The lowest BCUT2D eigenvalue weighted by molar-refractivity contribution is 0.353. The molecular weight excluding hydrogens is 513 g/mol. The van der Waals surface area contributed by atoms with Crippen LogP contribution in [0, 0.1) is 0 Å². The van der Waals surface area contributed by atoms with Gasteiger partial charge in [0.15, 0.2) is 0 Å². The van der Waals surface area contributed by atoms with Crippen molar-refractivity contribution in [3.63, 3.8) is 0 Å². The molecule has 0 aromatic heterocycles. The quantitative estimate of drug-likeness (QED) is 0.209. The van der Waals surface area contributed by atoms with Crippen LogP contribution in [0.15, 0.2) is 131 Å². The second-order valence-corrected chi connectivity index (χ2v) is 13.1. The van der Waals surface area contributed by atoms with Crippen molar-refractivity contribution >= 4 is 22.5 Å². The van der Waals surface area contributed by atoms with E-state index in [0.717, 1.165) is 0 Å². The summed E-state index contributed by atoms with van der Waals surface area (Å²) >= 11 is 1.90. The van der Waals surface area contributed by atoms with Crippen LogP contribution >= 0.6 is 11.8 Å². The van der Waals surface area contributed by atoms with E-state index in [1.165, 1.54) is 97.2 Å². The Morgan fingerprint density at radius 3 is 2.07 bits per heavy atom. The molecule has 1 saturated carbocycles. The van der Waals surface area contributed by atoms with Gasteiger partial charge in [-0.05, 0) is 98.1 Å². The summed E-state index contributed by atoms with van der Waals surface area (Å²) in [4.78, 5) is 2.70. The fourth-order valence-corrected chi connectivity index (χ4v) is 9.16. The first-order valence-electron chi connectivity index (χ1n) is 15.0. The van der Waals surface area contributed by atoms with Crippen LogP contribution in [0.4, 0.5) is 0 Å². The maximum atomic E-state index is 2.53. The molecule has 6 aromatic rings. The molecule has 0 amide bonds. The molecule has 6 aromatic carbocycles. The zero-order valence-electron chi connectivity index (χ0n) is 23.0. The van der Waals surface area contributed by atoms with Gasteiger partial charge >= 0.3 is 0 Å². The first kappa shape index (κ1) is 23.6. The summed E-state index contributed by atoms with van der Waals surface area (Å²) < 4.78 is 0. The van der Waals surface area contributed by atoms with E-state index in [2.05, 4.69) is 121 Å². The van der Waals surface area contributed by atoms with Crippen molar-refractivity contribution in [1.29, 1.82) is 0 Å². The van der Waals surface area contributed by atoms with Gasteiger partial charge in [0.05, 0.1) is 0 Å². The SMILES string of the molecule is c1cc(-c2ccc3c(c2)C2(CCCCC2)c2ccccc2-3)cc(-c2ccc3c4c(cccc24)-c2ccccc2S3)c1. The predicted octanol–water partition coefficient (Wildman–Crippen LogP) is 11.5. The number of rotatable bonds is 2. The van der Waals surface area contributed by atoms with Gasteiger partial charge in [-0.15, -0.1) is 0 Å². The van der Waals surface area contributed by atoms with Crippen molar-refractivity contribution in [2.45, 2.75) is 47.3 Å². The second-order valence-electron chi connectivity index (χ2n) is 12.0. The highest BCUT2D eigenvalue weighted by Gasteiger charge is 2.43. The Hall–Kier alpha value is -4.07. The number of fused-ring (bicyclic) bond motifs is 7. The van der Waals surface area contributed by atoms with E-state index in [0.29, 0.717) is 0 Å². The second kappa shape index (κ2) is 8.96. The number of benzene rings is 6. The number of hydrogen-bond donors (Lipinski definition) is 0. The molecule has 0 atom stereocenters. The molecule has 196 valence electrons. The van der Waals surface area contributed by atoms with Gasteiger partial charge in [0, 0.05) is 20.6 Å². The first-order valence-corrected chi connectivity index (χ1v) is 15.8. The zero-order valence-corrected chi connectivity index (χ0v) is 23.8. The van der Waals surface area contributed by atoms with Gasteiger partial charge in [-0.3, -0.25) is 0 Å². The molecule has 0 nitrogen and oxygen atoms in total. The van der Waals surface area contributed by atoms with Crippen molar-refractivity contribution in [2.24, 2.45) is 0 Å². The molecule has 1 heteroatoms. The van der Waals surface area contributed by atoms with Crippen LogP contribution in [0.25, 0.3) is 55.3 Å². The van der Waals surface area contributed by atoms with Gasteiger partial charge in [0.1, 0.15) is 0 Å². The van der Waals surface area contributed by atoms with Crippen LogP contribution in [0.1, 0.15) is 43.2 Å². The van der Waals surface area contributed by atoms with E-state index in [9.17, 15) is 0 Å². The zero-order chi connectivity index (χ0) is 27.0. The average Bonchev–Trinajstić information content (AvgIpc) is 3.30. The van der Waals surface area contributed by atoms with Crippen LogP contribution in [-0.2, 0) is 5.41 Å². The molecule has 0 saturated heterocycles. The highest BCUT2D eigenvalue weighted by molar-refractivity contribution is 7.99. The third kappa shape index (κ3) is 3.42. The summed E-state index contributed by atoms with van der Waals surface area (Å²) in [7, 11) is 0. The smallest absolute Gasteiger partial charge is 0.0215 e. The minimum absolute atomic E-state index is 0.182. The lowest BCUT2D eigenvalue weighted by atomic mass is 9.67. The van der Waals surface area contributed by atoms with Gasteiger partial charge in [-0.25, -0.2) is 0 Å². The largest absolute Gasteiger partial charge is 0.0888 e. The summed E-state index contributed by atoms with van der Waals surface area (Å²) in [6.07, 6.45) is 6.53. The maximum Gasteiger partial charge on any atom is 0.0215 e. The molecule has 1 spiro atoms. The average molecular weight is 543 g/mol. The predicted molar refractivity (Wildman–Crippen MR) is 174 cm³/mol. The van der Waals surface area contributed by atoms with Crippen LogP contribution in [0.3, 0.4) is 0 Å². The topological polar surface area (TPSA) is 0 Å². The van der Waals surface area contributed by atoms with Crippen LogP contribution in [0.5, 0.6) is 0 Å². The summed E-state index contributed by atoms with van der Waals surface area (Å²) in [5.41, 5.74) is 14.1. The molecule has 0 N–H and O–H groups in total. The number of hydrogen-bond acceptors (Lipinski definition) is 1. The standard InChI is InChI=1S/C40H30S/c1-6-22-40(23-7-1)35-16-4-2-12-30(35)31-19-18-27(25-36(31)40)26-10-8-11-28(24-26)29-20-21-38-39-33(29)14-9-15-34(39)32-13-3-5-17-37(32)41-38/h2-5,8-21,24-25H,1,6-7,22-23H2. The van der Waals surface area contributed by atoms with Gasteiger partial charge in [-0.2, -0.15) is 0 Å². The van der Waals surface area contributed by atoms with E-state index in [4.69, 9.17) is 0 Å². The third-order valence-electron chi connectivity index (χ3n) is 9.88. The Morgan fingerprint density at radius 2 is 1.15 bits per heavy atom. The molecule has 0 unspecified atom stereocenters. The summed E-state index contributed by atoms with van der Waals surface area (Å²) in [5, 5.41) is 2.72. The lowest BCUT2D eigenvalue weighted by Gasteiger charge is -2.36. The molecule has 41 heavy (non-hydrogen) atoms. The molecule has 9 rings (SSSR count). The molecule has 1 heterocycles. The minimum atomic E-state index is 0.182. The third-order valence-corrected chi connectivity index (χ3v) is 11.0. The van der Waals surface area contributed by atoms with E-state index < -0.39 is 0 Å². The van der Waals surface area contributed by atoms with Crippen molar-refractivity contribution < 1.29 is 0 Å². The van der Waals surface area contributed by atoms with Crippen LogP contribution in [0.2, 0.25) is 0 Å². The summed E-state index contributed by atoms with van der Waals surface area (Å²) in [6, 6.07) is 46.0. The maximum absolute atomic E-state index is 2.53. The summed E-state index contributed by atoms with van der Waals surface area (Å²) in [5.74, 6) is 0. The molecular formula is C40H30S. The fraction of sp³-hybridized carbons (Fsp3) is 0.150. The molecule has 3 aliphatic rings. The van der Waals surface area contributed by atoms with Crippen molar-refractivity contribution in [1.82, 2.24) is 0 Å². The highest BCUT2D eigenvalue weighted by atomic mass is 32.2. The minimum Gasteiger partial charge on any atom is -0.0888 e. The van der Waals surface area contributed by atoms with Gasteiger partial charge < -0.3 is 0 Å². The highest BCUT2D eigenvalue weighted by Crippen LogP contribution is 2.56. The van der Waals surface area contributed by atoms with E-state index in [-0.39, 0.29) is 5.41 Å². The molecule has 0 bridgehead atoms. The Balaban J connectivity index is 1.18. The molecule has 2 aliphatic carbocycles. The monoisotopic (exact) mass is 542 g/mol. The van der Waals surface area contributed by atoms with Crippen molar-refractivity contribution in [2.75, 3.05) is 0 Å². The van der Waals surface area contributed by atoms with Crippen LogP contribution < -0.4 is 0 Å². The first-order chi connectivity index (χ1) is 20.3. The Morgan fingerprint density at radius 1 is 0.439 bits per heavy atom. The van der Waals surface area contributed by atoms with E-state index in [1.807, 2.05) is 11.8 Å². The molecule has 1 aliphatic heterocycles. The van der Waals surface area contributed by atoms with Crippen molar-refractivity contribution in [3.05, 3.63) is 132 Å². The van der Waals surface area contributed by atoms with Crippen LogP contribution in [-0.4, -0.2) is 0 Å². The molecule has 0 radical (unpaired) electrons. The lowest BCUT2D eigenvalue weighted by Crippen LogP contribution is -2.28. The van der Waals surface area contributed by atoms with E-state index in [1.54, 1.807) is 11.1 Å². The van der Waals surface area contributed by atoms with Gasteiger partial charge in [-0.1, -0.05) is 128 Å². The Kier molecular flexibility index (Phi) is 5.16. The normalized spacial score (nSPS) is 15.9. The van der Waals surface area contributed by atoms with Crippen molar-refractivity contribution in [3.8, 4) is 44.5 Å². The summed E-state index contributed by atoms with van der Waals surface area (Å²) in [6.45, 7) is 0. The molecule has 1 fully saturated rings. The van der Waals surface area contributed by atoms with Gasteiger partial charge in [0.2, 0.25) is 0 Å². The van der Waals surface area contributed by atoms with E-state index >= 15 is 0 Å². The Bertz CT molecular complexity index is 2010. The Labute approximate surface area is 246 Å².